The Balaban J connectivity index is 1.93. The van der Waals surface area contributed by atoms with E-state index in [1.807, 2.05) is 0 Å². The third kappa shape index (κ3) is 2.71. The van der Waals surface area contributed by atoms with E-state index in [-0.39, 0.29) is 12.1 Å². The number of likely N-dealkylation sites (N-methyl/N-ethyl adjacent to an activating group) is 1. The van der Waals surface area contributed by atoms with Crippen LogP contribution in [0.15, 0.2) is 11.8 Å². The second-order valence-corrected chi connectivity index (χ2v) is 4.29. The van der Waals surface area contributed by atoms with Gasteiger partial charge in [0, 0.05) is 13.1 Å². The van der Waals surface area contributed by atoms with Gasteiger partial charge in [-0.2, -0.15) is 0 Å². The number of morpholine rings is 1. The third-order valence-electron chi connectivity index (χ3n) is 2.99. The topological polar surface area (TPSA) is 47.7 Å². The van der Waals surface area contributed by atoms with Crippen molar-refractivity contribution >= 4 is 0 Å². The molecule has 0 aromatic rings. The summed E-state index contributed by atoms with van der Waals surface area (Å²) >= 11 is 0. The predicted octanol–water partition coefficient (Wildman–Crippen LogP) is 0.339. The fourth-order valence-electron chi connectivity index (χ4n) is 2.02. The van der Waals surface area contributed by atoms with Crippen LogP contribution in [-0.4, -0.2) is 50.4 Å². The minimum Gasteiger partial charge on any atom is -0.496 e. The molecule has 2 N–H and O–H groups in total. The summed E-state index contributed by atoms with van der Waals surface area (Å²) in [4.78, 5) is 2.25. The van der Waals surface area contributed by atoms with Crippen molar-refractivity contribution in [2.24, 2.45) is 5.73 Å². The zero-order valence-corrected chi connectivity index (χ0v) is 9.32. The van der Waals surface area contributed by atoms with Crippen LogP contribution in [0.25, 0.3) is 0 Å². The maximum atomic E-state index is 6.14. The number of rotatable bonds is 2. The molecule has 2 rings (SSSR count). The minimum atomic E-state index is -0.104. The normalized spacial score (nSPS) is 30.5. The second kappa shape index (κ2) is 4.96. The Labute approximate surface area is 91.0 Å². The van der Waals surface area contributed by atoms with E-state index in [0.29, 0.717) is 0 Å². The van der Waals surface area contributed by atoms with Gasteiger partial charge in [0.2, 0.25) is 0 Å². The van der Waals surface area contributed by atoms with Gasteiger partial charge in [-0.1, -0.05) is 0 Å². The van der Waals surface area contributed by atoms with Gasteiger partial charge in [-0.3, -0.25) is 0 Å². The molecule has 1 fully saturated rings. The molecule has 0 radical (unpaired) electrons. The SMILES string of the molecule is CN1CCOC(C(N)C2=CCCCO2)C1. The van der Waals surface area contributed by atoms with Gasteiger partial charge in [0.05, 0.1) is 25.4 Å². The lowest BCUT2D eigenvalue weighted by molar-refractivity contribution is -0.0357. The van der Waals surface area contributed by atoms with Crippen LogP contribution in [0, 0.1) is 0 Å². The van der Waals surface area contributed by atoms with Crippen molar-refractivity contribution in [3.05, 3.63) is 11.8 Å². The molecule has 4 nitrogen and oxygen atoms in total. The lowest BCUT2D eigenvalue weighted by Crippen LogP contribution is -2.50. The smallest absolute Gasteiger partial charge is 0.111 e. The lowest BCUT2D eigenvalue weighted by Gasteiger charge is -2.34. The van der Waals surface area contributed by atoms with Crippen molar-refractivity contribution in [1.82, 2.24) is 4.90 Å². The van der Waals surface area contributed by atoms with Gasteiger partial charge < -0.3 is 20.1 Å². The van der Waals surface area contributed by atoms with E-state index in [1.165, 1.54) is 0 Å². The molecular formula is C11H20N2O2. The van der Waals surface area contributed by atoms with Gasteiger partial charge in [-0.05, 0) is 26.0 Å². The van der Waals surface area contributed by atoms with E-state index in [4.69, 9.17) is 15.2 Å². The Morgan fingerprint density at radius 1 is 1.53 bits per heavy atom. The van der Waals surface area contributed by atoms with E-state index >= 15 is 0 Å². The van der Waals surface area contributed by atoms with Crippen molar-refractivity contribution in [3.8, 4) is 0 Å². The highest BCUT2D eigenvalue weighted by Gasteiger charge is 2.28. The largest absolute Gasteiger partial charge is 0.496 e. The predicted molar refractivity (Wildman–Crippen MR) is 58.5 cm³/mol. The first-order chi connectivity index (χ1) is 7.27. The molecule has 0 saturated carbocycles. The van der Waals surface area contributed by atoms with Crippen LogP contribution in [-0.2, 0) is 9.47 Å². The summed E-state index contributed by atoms with van der Waals surface area (Å²) in [6.45, 7) is 3.44. The molecule has 0 aromatic heterocycles. The molecule has 0 aromatic carbocycles. The third-order valence-corrected chi connectivity index (χ3v) is 2.99. The Morgan fingerprint density at radius 3 is 3.07 bits per heavy atom. The molecule has 4 heteroatoms. The second-order valence-electron chi connectivity index (χ2n) is 4.29. The Morgan fingerprint density at radius 2 is 2.40 bits per heavy atom. The number of nitrogens with zero attached hydrogens (tertiary/aromatic N) is 1. The molecule has 15 heavy (non-hydrogen) atoms. The van der Waals surface area contributed by atoms with Crippen LogP contribution in [0.5, 0.6) is 0 Å². The summed E-state index contributed by atoms with van der Waals surface area (Å²) in [5.41, 5.74) is 6.14. The molecule has 0 bridgehead atoms. The summed E-state index contributed by atoms with van der Waals surface area (Å²) in [7, 11) is 2.10. The molecule has 0 spiro atoms. The van der Waals surface area contributed by atoms with Crippen LogP contribution in [0.2, 0.25) is 0 Å². The van der Waals surface area contributed by atoms with E-state index in [1.54, 1.807) is 0 Å². The van der Waals surface area contributed by atoms with Gasteiger partial charge in [-0.15, -0.1) is 0 Å². The van der Waals surface area contributed by atoms with Crippen molar-refractivity contribution in [3.63, 3.8) is 0 Å². The number of hydrogen-bond acceptors (Lipinski definition) is 4. The van der Waals surface area contributed by atoms with Crippen molar-refractivity contribution < 1.29 is 9.47 Å². The summed E-state index contributed by atoms with van der Waals surface area (Å²) in [6.07, 6.45) is 4.35. The number of allylic oxidation sites excluding steroid dienone is 1. The Kier molecular flexibility index (Phi) is 3.61. The summed E-state index contributed by atoms with van der Waals surface area (Å²) < 4.78 is 11.2. The molecule has 86 valence electrons. The molecule has 1 saturated heterocycles. The zero-order valence-electron chi connectivity index (χ0n) is 9.32. The maximum absolute atomic E-state index is 6.14. The number of nitrogens with two attached hydrogens (primary N) is 1. The van der Waals surface area contributed by atoms with E-state index < -0.39 is 0 Å². The first-order valence-electron chi connectivity index (χ1n) is 5.66. The highest BCUT2D eigenvalue weighted by Crippen LogP contribution is 2.18. The Bertz CT molecular complexity index is 243. The van der Waals surface area contributed by atoms with Crippen LogP contribution in [0.4, 0.5) is 0 Å². The van der Waals surface area contributed by atoms with Gasteiger partial charge in [0.1, 0.15) is 5.76 Å². The molecule has 2 aliphatic rings. The van der Waals surface area contributed by atoms with Crippen molar-refractivity contribution in [2.75, 3.05) is 33.4 Å². The minimum absolute atomic E-state index is 0.0769. The molecular weight excluding hydrogens is 192 g/mol. The quantitative estimate of drug-likeness (QED) is 0.717. The zero-order chi connectivity index (χ0) is 10.7. The average Bonchev–Trinajstić information content (AvgIpc) is 2.29. The van der Waals surface area contributed by atoms with Gasteiger partial charge in [0.15, 0.2) is 0 Å². The summed E-state index contributed by atoms with van der Waals surface area (Å²) in [5, 5.41) is 0. The maximum Gasteiger partial charge on any atom is 0.111 e. The standard InChI is InChI=1S/C11H20N2O2/c1-13-5-7-15-10(8-13)11(12)9-4-2-3-6-14-9/h4,10-11H,2-3,5-8,12H2,1H3. The number of hydrogen-bond donors (Lipinski definition) is 1. The first-order valence-corrected chi connectivity index (χ1v) is 5.66. The van der Waals surface area contributed by atoms with E-state index in [0.717, 1.165) is 44.9 Å². The molecule has 0 amide bonds. The van der Waals surface area contributed by atoms with Crippen molar-refractivity contribution in [2.45, 2.75) is 25.0 Å². The fraction of sp³-hybridized carbons (Fsp3) is 0.818. The highest BCUT2D eigenvalue weighted by atomic mass is 16.5. The van der Waals surface area contributed by atoms with Crippen LogP contribution in [0.3, 0.4) is 0 Å². The van der Waals surface area contributed by atoms with Crippen molar-refractivity contribution in [1.29, 1.82) is 0 Å². The summed E-state index contributed by atoms with van der Waals surface area (Å²) in [5.74, 6) is 0.918. The van der Waals surface area contributed by atoms with Gasteiger partial charge in [0.25, 0.3) is 0 Å². The van der Waals surface area contributed by atoms with E-state index in [2.05, 4.69) is 18.0 Å². The molecule has 0 aliphatic carbocycles. The number of ether oxygens (including phenoxy) is 2. The van der Waals surface area contributed by atoms with Gasteiger partial charge in [-0.25, -0.2) is 0 Å². The van der Waals surface area contributed by atoms with Crippen LogP contribution >= 0.6 is 0 Å². The average molecular weight is 212 g/mol. The van der Waals surface area contributed by atoms with Gasteiger partial charge >= 0.3 is 0 Å². The Hall–Kier alpha value is -0.580. The summed E-state index contributed by atoms with van der Waals surface area (Å²) in [6, 6.07) is -0.104. The molecule has 2 heterocycles. The monoisotopic (exact) mass is 212 g/mol. The molecule has 2 unspecified atom stereocenters. The molecule has 2 atom stereocenters. The van der Waals surface area contributed by atoms with Crippen LogP contribution in [0.1, 0.15) is 12.8 Å². The fourth-order valence-corrected chi connectivity index (χ4v) is 2.02. The first kappa shape index (κ1) is 10.9. The van der Waals surface area contributed by atoms with Crippen LogP contribution < -0.4 is 5.73 Å². The van der Waals surface area contributed by atoms with E-state index in [9.17, 15) is 0 Å². The lowest BCUT2D eigenvalue weighted by atomic mass is 10.1. The highest BCUT2D eigenvalue weighted by molar-refractivity contribution is 5.08. The molecule has 2 aliphatic heterocycles.